The number of likely N-dealkylation sites (N-methyl/N-ethyl adjacent to an activating group) is 1. The van der Waals surface area contributed by atoms with Gasteiger partial charge in [0.15, 0.2) is 0 Å². The van der Waals surface area contributed by atoms with Crippen LogP contribution in [0.1, 0.15) is 62.8 Å². The summed E-state index contributed by atoms with van der Waals surface area (Å²) >= 11 is 0. The molecule has 1 heterocycles. The molecular weight excluding hydrogens is 633 g/mol. The van der Waals surface area contributed by atoms with E-state index in [0.29, 0.717) is 23.4 Å². The van der Waals surface area contributed by atoms with Gasteiger partial charge >= 0.3 is 6.18 Å². The Morgan fingerprint density at radius 1 is 1.13 bits per heavy atom. The maximum absolute atomic E-state index is 14.0. The van der Waals surface area contributed by atoms with Gasteiger partial charge in [-0.15, -0.1) is 0 Å². The van der Waals surface area contributed by atoms with Crippen LogP contribution in [0, 0.1) is 0 Å². The lowest BCUT2D eigenvalue weighted by molar-refractivity contribution is -0.137. The van der Waals surface area contributed by atoms with Gasteiger partial charge in [-0.3, -0.25) is 9.59 Å². The van der Waals surface area contributed by atoms with Crippen LogP contribution >= 0.6 is 0 Å². The minimum atomic E-state index is -4.56. The number of amides is 2. The van der Waals surface area contributed by atoms with E-state index in [1.54, 1.807) is 45.1 Å². The molecule has 0 radical (unpaired) electrons. The standard InChI is InChI=1S/C34H41F3N4O5S/c1-5-38-31-26(7-6-8-29(31)47(45)46)23-11-9-22(10-12-23)20-41-28-16-14-25(34(35,36)37)17-24(28)13-15-27(32(41)44)40-30(43)18-33(3,4)39-19-21(2)42/h6-12,14,16-17,21,27,31,38-39,42H,5,13,15,18-20H2,1-4H3,(H,40,43)/t21-,27-,31?/m1/s1. The molecule has 13 heteroatoms. The number of anilines is 1. The summed E-state index contributed by atoms with van der Waals surface area (Å²) in [6, 6.07) is 9.01. The van der Waals surface area contributed by atoms with Gasteiger partial charge in [0.2, 0.25) is 22.1 Å². The van der Waals surface area contributed by atoms with Crippen LogP contribution in [-0.4, -0.2) is 67.0 Å². The summed E-state index contributed by atoms with van der Waals surface area (Å²) in [7, 11) is -2.42. The SMILES string of the molecule is CCNC1C(c2ccc(CN3C(=O)[C@H](NC(=O)CC(C)(C)NC[C@@H](C)O)CCc4cc(C(F)(F)F)ccc43)cc2)=CC=CC1=S(=O)=O. The minimum absolute atomic E-state index is 0.00806. The molecule has 0 saturated heterocycles. The van der Waals surface area contributed by atoms with E-state index in [1.807, 2.05) is 25.1 Å². The van der Waals surface area contributed by atoms with Crippen molar-refractivity contribution >= 4 is 38.2 Å². The monoisotopic (exact) mass is 674 g/mol. The lowest BCUT2D eigenvalue weighted by Crippen LogP contribution is -2.51. The highest BCUT2D eigenvalue weighted by molar-refractivity contribution is 7.73. The van der Waals surface area contributed by atoms with Crippen molar-refractivity contribution in [2.24, 2.45) is 0 Å². The van der Waals surface area contributed by atoms with E-state index in [9.17, 15) is 36.3 Å². The van der Waals surface area contributed by atoms with Gasteiger partial charge in [0, 0.05) is 24.2 Å². The van der Waals surface area contributed by atoms with Crippen molar-refractivity contribution in [2.75, 3.05) is 18.0 Å². The molecule has 2 aromatic carbocycles. The third kappa shape index (κ3) is 9.19. The van der Waals surface area contributed by atoms with Gasteiger partial charge in [-0.25, -0.2) is 0 Å². The van der Waals surface area contributed by atoms with E-state index in [0.717, 1.165) is 23.3 Å². The molecule has 0 aromatic heterocycles. The van der Waals surface area contributed by atoms with Crippen molar-refractivity contribution in [3.63, 3.8) is 0 Å². The molecule has 0 saturated carbocycles. The topological polar surface area (TPSA) is 128 Å². The minimum Gasteiger partial charge on any atom is -0.392 e. The summed E-state index contributed by atoms with van der Waals surface area (Å²) in [6.45, 7) is 7.93. The first-order valence-electron chi connectivity index (χ1n) is 15.5. The first-order chi connectivity index (χ1) is 22.1. The Morgan fingerprint density at radius 2 is 1.83 bits per heavy atom. The van der Waals surface area contributed by atoms with Crippen LogP contribution in [0.25, 0.3) is 5.57 Å². The number of halogens is 3. The number of nitrogens with one attached hydrogen (secondary N) is 3. The molecule has 1 aliphatic carbocycles. The first kappa shape index (κ1) is 36.1. The number of rotatable bonds is 11. The maximum Gasteiger partial charge on any atom is 0.416 e. The number of carbonyl (C=O) groups excluding carboxylic acids is 2. The molecule has 9 nitrogen and oxygen atoms in total. The number of fused-ring (bicyclic) bond motifs is 1. The van der Waals surface area contributed by atoms with Gasteiger partial charge < -0.3 is 26.0 Å². The van der Waals surface area contributed by atoms with E-state index < -0.39 is 57.6 Å². The molecule has 2 aromatic rings. The fourth-order valence-corrected chi connectivity index (χ4v) is 6.39. The van der Waals surface area contributed by atoms with E-state index in [1.165, 1.54) is 11.0 Å². The maximum atomic E-state index is 14.0. The van der Waals surface area contributed by atoms with E-state index in [4.69, 9.17) is 0 Å². The molecule has 3 atom stereocenters. The molecule has 0 bridgehead atoms. The molecule has 4 N–H and O–H groups in total. The smallest absolute Gasteiger partial charge is 0.392 e. The Labute approximate surface area is 274 Å². The number of alkyl halides is 3. The lowest BCUT2D eigenvalue weighted by atomic mass is 9.91. The zero-order valence-electron chi connectivity index (χ0n) is 26.8. The number of hydrogen-bond donors (Lipinski definition) is 4. The number of aryl methyl sites for hydroxylation is 1. The highest BCUT2D eigenvalue weighted by Crippen LogP contribution is 2.36. The third-order valence-electron chi connectivity index (χ3n) is 8.14. The molecule has 0 spiro atoms. The molecule has 2 amide bonds. The lowest BCUT2D eigenvalue weighted by Gasteiger charge is -2.29. The molecule has 4 rings (SSSR count). The largest absolute Gasteiger partial charge is 0.416 e. The van der Waals surface area contributed by atoms with Crippen molar-refractivity contribution in [3.05, 3.63) is 82.9 Å². The van der Waals surface area contributed by atoms with Crippen molar-refractivity contribution in [1.82, 2.24) is 16.0 Å². The average Bonchev–Trinajstić information content (AvgIpc) is 3.12. The van der Waals surface area contributed by atoms with Crippen LogP contribution in [0.4, 0.5) is 18.9 Å². The second kappa shape index (κ2) is 15.0. The summed E-state index contributed by atoms with van der Waals surface area (Å²) in [4.78, 5) is 28.7. The quantitative estimate of drug-likeness (QED) is 0.267. The number of allylic oxidation sites excluding steroid dienone is 2. The van der Waals surface area contributed by atoms with E-state index in [2.05, 4.69) is 16.0 Å². The second-order valence-corrected chi connectivity index (χ2v) is 13.5. The number of aliphatic hydroxyl groups is 1. The zero-order valence-corrected chi connectivity index (χ0v) is 27.6. The Hall–Kier alpha value is -3.78. The predicted molar refractivity (Wildman–Crippen MR) is 176 cm³/mol. The fraction of sp³-hybridized carbons (Fsp3) is 0.441. The first-order valence-corrected chi connectivity index (χ1v) is 16.6. The van der Waals surface area contributed by atoms with E-state index >= 15 is 0 Å². The van der Waals surface area contributed by atoms with E-state index in [-0.39, 0.29) is 37.2 Å². The number of nitrogens with zero attached hydrogens (tertiary/aromatic N) is 1. The Kier molecular flexibility index (Phi) is 11.5. The number of β-amino-alcohol motifs (C(OH)–C–C–N with tert-alkyl or cyclic N) is 1. The van der Waals surface area contributed by atoms with Crippen LogP contribution in [0.2, 0.25) is 0 Å². The van der Waals surface area contributed by atoms with Gasteiger partial charge in [0.1, 0.15) is 6.04 Å². The van der Waals surface area contributed by atoms with Crippen LogP contribution in [0.15, 0.2) is 60.7 Å². The summed E-state index contributed by atoms with van der Waals surface area (Å²) in [5.74, 6) is -0.849. The highest BCUT2D eigenvalue weighted by atomic mass is 32.2. The Balaban J connectivity index is 1.62. The van der Waals surface area contributed by atoms with Crippen molar-refractivity contribution in [2.45, 2.75) is 83.4 Å². The molecule has 254 valence electrons. The third-order valence-corrected chi connectivity index (χ3v) is 8.89. The number of benzene rings is 2. The highest BCUT2D eigenvalue weighted by Gasteiger charge is 2.36. The normalized spacial score (nSPS) is 19.1. The Morgan fingerprint density at radius 3 is 2.45 bits per heavy atom. The van der Waals surface area contributed by atoms with Gasteiger partial charge in [-0.05, 0) is 86.7 Å². The summed E-state index contributed by atoms with van der Waals surface area (Å²) in [5, 5.41) is 18.7. The molecule has 0 fully saturated rings. The molecule has 1 unspecified atom stereocenters. The zero-order chi connectivity index (χ0) is 34.5. The van der Waals surface area contributed by atoms with Crippen molar-refractivity contribution < 1.29 is 36.3 Å². The van der Waals surface area contributed by atoms with Crippen LogP contribution in [0.5, 0.6) is 0 Å². The summed E-state index contributed by atoms with van der Waals surface area (Å²) in [5.41, 5.74) is 1.39. The van der Waals surface area contributed by atoms with Crippen LogP contribution < -0.4 is 20.9 Å². The molecular formula is C34H41F3N4O5S. The summed E-state index contributed by atoms with van der Waals surface area (Å²) < 4.78 is 64.6. The average molecular weight is 675 g/mol. The van der Waals surface area contributed by atoms with Crippen LogP contribution in [0.3, 0.4) is 0 Å². The molecule has 2 aliphatic rings. The predicted octanol–water partition coefficient (Wildman–Crippen LogP) is 3.79. The number of aliphatic hydroxyl groups excluding tert-OH is 1. The van der Waals surface area contributed by atoms with Gasteiger partial charge in [0.05, 0.1) is 29.1 Å². The number of hydrogen-bond acceptors (Lipinski definition) is 7. The van der Waals surface area contributed by atoms with Crippen molar-refractivity contribution in [3.8, 4) is 0 Å². The fourth-order valence-electron chi connectivity index (χ4n) is 5.79. The molecule has 47 heavy (non-hydrogen) atoms. The number of carbonyl (C=O) groups is 2. The van der Waals surface area contributed by atoms with Crippen LogP contribution in [-0.2, 0) is 39.0 Å². The van der Waals surface area contributed by atoms with Gasteiger partial charge in [-0.1, -0.05) is 43.3 Å². The second-order valence-electron chi connectivity index (χ2n) is 12.5. The van der Waals surface area contributed by atoms with Gasteiger partial charge in [0.25, 0.3) is 0 Å². The van der Waals surface area contributed by atoms with Gasteiger partial charge in [-0.2, -0.15) is 21.6 Å². The Bertz CT molecular complexity index is 1670. The van der Waals surface area contributed by atoms with Crippen molar-refractivity contribution in [1.29, 1.82) is 0 Å². The summed E-state index contributed by atoms with van der Waals surface area (Å²) in [6.07, 6.45) is 0.132. The molecule has 1 aliphatic heterocycles.